The summed E-state index contributed by atoms with van der Waals surface area (Å²) < 4.78 is 5.30. The average molecular weight is 276 g/mol. The summed E-state index contributed by atoms with van der Waals surface area (Å²) in [6, 6.07) is 5.52. The molecule has 1 aromatic rings. The number of carbonyl (C=O) groups excluding carboxylic acids is 2. The second-order valence-corrected chi connectivity index (χ2v) is 5.09. The van der Waals surface area contributed by atoms with Crippen molar-refractivity contribution in [2.24, 2.45) is 5.73 Å². The van der Waals surface area contributed by atoms with Gasteiger partial charge in [-0.05, 0) is 31.0 Å². The molecule has 0 radical (unpaired) electrons. The highest BCUT2D eigenvalue weighted by atomic mass is 16.5. The van der Waals surface area contributed by atoms with E-state index in [0.29, 0.717) is 25.0 Å². The van der Waals surface area contributed by atoms with E-state index in [0.717, 1.165) is 11.1 Å². The summed E-state index contributed by atoms with van der Waals surface area (Å²) in [6.07, 6.45) is 1.51. The number of rotatable bonds is 4. The van der Waals surface area contributed by atoms with Gasteiger partial charge in [0.05, 0.1) is 13.7 Å². The normalized spacial score (nSPS) is 17.2. The van der Waals surface area contributed by atoms with Gasteiger partial charge in [0.25, 0.3) is 0 Å². The first-order chi connectivity index (χ1) is 9.52. The molecule has 1 aromatic carbocycles. The molecule has 5 heteroatoms. The highest BCUT2D eigenvalue weighted by Crippen LogP contribution is 2.25. The van der Waals surface area contributed by atoms with Gasteiger partial charge in [-0.3, -0.25) is 14.5 Å². The second kappa shape index (κ2) is 6.05. The maximum atomic E-state index is 11.9. The number of likely N-dealkylation sites (tertiary alicyclic amines) is 1. The summed E-state index contributed by atoms with van der Waals surface area (Å²) in [5, 5.41) is 0. The van der Waals surface area contributed by atoms with Crippen LogP contribution in [-0.4, -0.2) is 23.8 Å². The third kappa shape index (κ3) is 2.99. The zero-order valence-electron chi connectivity index (χ0n) is 11.9. The van der Waals surface area contributed by atoms with Gasteiger partial charge < -0.3 is 10.5 Å². The number of benzene rings is 1. The van der Waals surface area contributed by atoms with Crippen molar-refractivity contribution in [2.75, 3.05) is 7.11 Å². The van der Waals surface area contributed by atoms with E-state index in [1.54, 1.807) is 7.11 Å². The van der Waals surface area contributed by atoms with Crippen LogP contribution in [0.25, 0.3) is 0 Å². The predicted octanol–water partition coefficient (Wildman–Crippen LogP) is 1.75. The van der Waals surface area contributed by atoms with E-state index in [2.05, 4.69) is 0 Å². The molecule has 1 saturated heterocycles. The third-order valence-electron chi connectivity index (χ3n) is 3.54. The summed E-state index contributed by atoms with van der Waals surface area (Å²) in [6.45, 7) is 2.14. The molecule has 1 heterocycles. The van der Waals surface area contributed by atoms with E-state index in [1.165, 1.54) is 4.90 Å². The number of ether oxygens (including phenoxy) is 1. The minimum Gasteiger partial charge on any atom is -0.496 e. The maximum Gasteiger partial charge on any atom is 0.229 e. The van der Waals surface area contributed by atoms with E-state index in [1.807, 2.05) is 25.1 Å². The van der Waals surface area contributed by atoms with Crippen LogP contribution in [0.3, 0.4) is 0 Å². The first-order valence-electron chi connectivity index (χ1n) is 6.78. The number of hydrogen-bond acceptors (Lipinski definition) is 4. The van der Waals surface area contributed by atoms with E-state index < -0.39 is 0 Å². The molecule has 1 unspecified atom stereocenters. The highest BCUT2D eigenvalue weighted by Gasteiger charge is 2.26. The molecule has 0 aliphatic carbocycles. The van der Waals surface area contributed by atoms with Crippen LogP contribution >= 0.6 is 0 Å². The Morgan fingerprint density at radius 2 is 1.95 bits per heavy atom. The smallest absolute Gasteiger partial charge is 0.229 e. The molecule has 20 heavy (non-hydrogen) atoms. The van der Waals surface area contributed by atoms with Crippen LogP contribution in [0, 0.1) is 0 Å². The van der Waals surface area contributed by atoms with Gasteiger partial charge >= 0.3 is 0 Å². The van der Waals surface area contributed by atoms with Gasteiger partial charge in [-0.25, -0.2) is 0 Å². The van der Waals surface area contributed by atoms with E-state index in [-0.39, 0.29) is 24.4 Å². The van der Waals surface area contributed by atoms with Crippen LogP contribution in [0.1, 0.15) is 43.4 Å². The van der Waals surface area contributed by atoms with Crippen LogP contribution in [0.5, 0.6) is 5.75 Å². The van der Waals surface area contributed by atoms with Gasteiger partial charge in [0.1, 0.15) is 5.75 Å². The fraction of sp³-hybridized carbons (Fsp3) is 0.467. The lowest BCUT2D eigenvalue weighted by Crippen LogP contribution is -2.39. The first-order valence-corrected chi connectivity index (χ1v) is 6.78. The minimum absolute atomic E-state index is 0.104. The molecule has 2 amide bonds. The molecular formula is C15H20N2O3. The number of methoxy groups -OCH3 is 1. The number of nitrogens with two attached hydrogens (primary N) is 1. The Bertz CT molecular complexity index is 510. The molecule has 1 aliphatic heterocycles. The second-order valence-electron chi connectivity index (χ2n) is 5.09. The zero-order valence-corrected chi connectivity index (χ0v) is 11.9. The highest BCUT2D eigenvalue weighted by molar-refractivity contribution is 5.97. The number of amides is 2. The molecule has 0 spiro atoms. The van der Waals surface area contributed by atoms with Crippen molar-refractivity contribution in [1.82, 2.24) is 4.90 Å². The van der Waals surface area contributed by atoms with Crippen LogP contribution < -0.4 is 10.5 Å². The quantitative estimate of drug-likeness (QED) is 0.850. The monoisotopic (exact) mass is 276 g/mol. The van der Waals surface area contributed by atoms with Crippen molar-refractivity contribution in [3.63, 3.8) is 0 Å². The van der Waals surface area contributed by atoms with Crippen molar-refractivity contribution >= 4 is 11.8 Å². The number of piperidine rings is 1. The molecule has 2 N–H and O–H groups in total. The molecule has 1 atom stereocenters. The number of nitrogens with zero attached hydrogens (tertiary/aromatic N) is 1. The fourth-order valence-corrected chi connectivity index (χ4v) is 2.35. The molecule has 1 fully saturated rings. The summed E-state index contributed by atoms with van der Waals surface area (Å²) in [5.74, 6) is 0.435. The van der Waals surface area contributed by atoms with Crippen LogP contribution in [0.2, 0.25) is 0 Å². The largest absolute Gasteiger partial charge is 0.496 e. The van der Waals surface area contributed by atoms with Crippen molar-refractivity contribution < 1.29 is 14.3 Å². The van der Waals surface area contributed by atoms with Crippen LogP contribution in [-0.2, 0) is 16.1 Å². The summed E-state index contributed by atoms with van der Waals surface area (Å²) in [7, 11) is 1.57. The zero-order chi connectivity index (χ0) is 14.7. The van der Waals surface area contributed by atoms with Gasteiger partial charge in [0.2, 0.25) is 11.8 Å². The van der Waals surface area contributed by atoms with Crippen molar-refractivity contribution in [3.8, 4) is 5.75 Å². The molecule has 108 valence electrons. The van der Waals surface area contributed by atoms with Crippen LogP contribution in [0.15, 0.2) is 18.2 Å². The molecule has 0 aromatic heterocycles. The molecule has 5 nitrogen and oxygen atoms in total. The molecule has 1 aliphatic rings. The maximum absolute atomic E-state index is 11.9. The Hall–Kier alpha value is -1.88. The lowest BCUT2D eigenvalue weighted by atomic mass is 10.0. The predicted molar refractivity (Wildman–Crippen MR) is 75.0 cm³/mol. The van der Waals surface area contributed by atoms with Crippen LogP contribution in [0.4, 0.5) is 0 Å². The summed E-state index contributed by atoms with van der Waals surface area (Å²) in [5.41, 5.74) is 7.64. The molecule has 0 saturated carbocycles. The topological polar surface area (TPSA) is 72.6 Å². The molecule has 2 rings (SSSR count). The third-order valence-corrected chi connectivity index (χ3v) is 3.54. The summed E-state index contributed by atoms with van der Waals surface area (Å²) in [4.78, 5) is 25.0. The van der Waals surface area contributed by atoms with Crippen molar-refractivity contribution in [2.45, 2.75) is 38.8 Å². The Morgan fingerprint density at radius 3 is 2.50 bits per heavy atom. The lowest BCUT2D eigenvalue weighted by Gasteiger charge is -2.26. The molecular weight excluding hydrogens is 256 g/mol. The minimum atomic E-state index is -0.116. The summed E-state index contributed by atoms with van der Waals surface area (Å²) >= 11 is 0. The number of hydrogen-bond donors (Lipinski definition) is 1. The Morgan fingerprint density at radius 1 is 1.30 bits per heavy atom. The van der Waals surface area contributed by atoms with Gasteiger partial charge in [0, 0.05) is 24.4 Å². The lowest BCUT2D eigenvalue weighted by molar-refractivity contribution is -0.148. The fourth-order valence-electron chi connectivity index (χ4n) is 2.35. The Kier molecular flexibility index (Phi) is 4.39. The SMILES string of the molecule is COc1ccc(C(C)N)cc1CN1C(=O)CCCC1=O. The first kappa shape index (κ1) is 14.5. The standard InChI is InChI=1S/C15H20N2O3/c1-10(16)11-6-7-13(20-2)12(8-11)9-17-14(18)4-3-5-15(17)19/h6-8,10H,3-5,9,16H2,1-2H3. The molecule has 0 bridgehead atoms. The van der Waals surface area contributed by atoms with E-state index in [4.69, 9.17) is 10.5 Å². The van der Waals surface area contributed by atoms with Crippen molar-refractivity contribution in [3.05, 3.63) is 29.3 Å². The number of imide groups is 1. The van der Waals surface area contributed by atoms with Gasteiger partial charge in [-0.2, -0.15) is 0 Å². The number of carbonyl (C=O) groups is 2. The van der Waals surface area contributed by atoms with Crippen molar-refractivity contribution in [1.29, 1.82) is 0 Å². The van der Waals surface area contributed by atoms with Gasteiger partial charge in [0.15, 0.2) is 0 Å². The van der Waals surface area contributed by atoms with E-state index in [9.17, 15) is 9.59 Å². The Labute approximate surface area is 118 Å². The Balaban J connectivity index is 2.28. The van der Waals surface area contributed by atoms with Gasteiger partial charge in [-0.1, -0.05) is 6.07 Å². The van der Waals surface area contributed by atoms with E-state index >= 15 is 0 Å². The van der Waals surface area contributed by atoms with Gasteiger partial charge in [-0.15, -0.1) is 0 Å². The average Bonchev–Trinajstić information content (AvgIpc) is 2.42.